The SMILES string of the molecule is C=C(C)C[C@]1(C(=O)OCC)C[C@@H](C(=O)OC)N(C(=O)OCCCC)C1. The zero-order valence-corrected chi connectivity index (χ0v) is 15.6. The molecule has 1 aliphatic rings. The van der Waals surface area contributed by atoms with Gasteiger partial charge in [0.15, 0.2) is 0 Å². The second kappa shape index (κ2) is 9.44. The Morgan fingerprint density at radius 2 is 1.92 bits per heavy atom. The highest BCUT2D eigenvalue weighted by molar-refractivity contribution is 5.87. The largest absolute Gasteiger partial charge is 0.467 e. The number of unbranched alkanes of at least 4 members (excludes halogenated alkanes) is 1. The average Bonchev–Trinajstić information content (AvgIpc) is 2.94. The zero-order valence-electron chi connectivity index (χ0n) is 15.6. The van der Waals surface area contributed by atoms with Crippen LogP contribution in [-0.4, -0.2) is 55.8 Å². The van der Waals surface area contributed by atoms with Gasteiger partial charge in [-0.2, -0.15) is 0 Å². The van der Waals surface area contributed by atoms with Crippen molar-refractivity contribution in [1.82, 2.24) is 4.90 Å². The lowest BCUT2D eigenvalue weighted by molar-refractivity contribution is -0.154. The number of amides is 1. The van der Waals surface area contributed by atoms with E-state index in [0.29, 0.717) is 6.42 Å². The number of ether oxygens (including phenoxy) is 3. The Morgan fingerprint density at radius 3 is 2.44 bits per heavy atom. The van der Waals surface area contributed by atoms with Gasteiger partial charge in [-0.1, -0.05) is 18.9 Å². The standard InChI is InChI=1S/C18H29NO6/c1-6-8-9-25-17(22)19-12-18(10-13(3)4,16(21)24-7-2)11-14(19)15(20)23-5/h14H,3,6-12H2,1-2,4-5H3/t14-,18-/m0/s1. The van der Waals surface area contributed by atoms with Crippen LogP contribution in [0.3, 0.4) is 0 Å². The summed E-state index contributed by atoms with van der Waals surface area (Å²) in [6, 6.07) is -0.872. The van der Waals surface area contributed by atoms with Gasteiger partial charge in [-0.05, 0) is 33.1 Å². The Hall–Kier alpha value is -2.05. The molecule has 1 aliphatic heterocycles. The number of hydrogen-bond acceptors (Lipinski definition) is 6. The molecule has 142 valence electrons. The Bertz CT molecular complexity index is 518. The highest BCUT2D eigenvalue weighted by Gasteiger charge is 2.54. The molecule has 0 unspecified atom stereocenters. The molecule has 7 heteroatoms. The third kappa shape index (κ3) is 5.21. The number of hydrogen-bond donors (Lipinski definition) is 0. The summed E-state index contributed by atoms with van der Waals surface area (Å²) < 4.78 is 15.3. The molecule has 1 heterocycles. The summed E-state index contributed by atoms with van der Waals surface area (Å²) in [5.41, 5.74) is -0.234. The number of rotatable bonds is 8. The summed E-state index contributed by atoms with van der Waals surface area (Å²) in [5.74, 6) is -1.00. The molecule has 0 aromatic rings. The summed E-state index contributed by atoms with van der Waals surface area (Å²) in [4.78, 5) is 38.5. The lowest BCUT2D eigenvalue weighted by atomic mass is 9.80. The van der Waals surface area contributed by atoms with E-state index in [9.17, 15) is 14.4 Å². The Kier molecular flexibility index (Phi) is 7.93. The molecule has 2 atom stereocenters. The fourth-order valence-electron chi connectivity index (χ4n) is 3.12. The van der Waals surface area contributed by atoms with Crippen LogP contribution in [0.1, 0.15) is 46.5 Å². The van der Waals surface area contributed by atoms with E-state index in [4.69, 9.17) is 14.2 Å². The van der Waals surface area contributed by atoms with Crippen LogP contribution >= 0.6 is 0 Å². The maximum absolute atomic E-state index is 12.6. The minimum atomic E-state index is -1.01. The third-order valence-electron chi connectivity index (χ3n) is 4.21. The van der Waals surface area contributed by atoms with Crippen molar-refractivity contribution in [3.8, 4) is 0 Å². The number of esters is 2. The minimum absolute atomic E-state index is 0.0451. The van der Waals surface area contributed by atoms with Gasteiger partial charge in [-0.15, -0.1) is 6.58 Å². The van der Waals surface area contributed by atoms with Crippen molar-refractivity contribution < 1.29 is 28.6 Å². The van der Waals surface area contributed by atoms with Crippen molar-refractivity contribution >= 4 is 18.0 Å². The molecular formula is C18H29NO6. The third-order valence-corrected chi connectivity index (χ3v) is 4.21. The van der Waals surface area contributed by atoms with E-state index in [1.807, 2.05) is 6.92 Å². The van der Waals surface area contributed by atoms with Gasteiger partial charge in [-0.3, -0.25) is 9.69 Å². The number of allylic oxidation sites excluding steroid dienone is 1. The van der Waals surface area contributed by atoms with Gasteiger partial charge >= 0.3 is 18.0 Å². The fraction of sp³-hybridized carbons (Fsp3) is 0.722. The van der Waals surface area contributed by atoms with E-state index in [-0.39, 0.29) is 26.2 Å². The van der Waals surface area contributed by atoms with Crippen LogP contribution in [0, 0.1) is 5.41 Å². The summed E-state index contributed by atoms with van der Waals surface area (Å²) in [7, 11) is 1.26. The summed E-state index contributed by atoms with van der Waals surface area (Å²) >= 11 is 0. The van der Waals surface area contributed by atoms with Gasteiger partial charge < -0.3 is 14.2 Å². The molecular weight excluding hydrogens is 326 g/mol. The van der Waals surface area contributed by atoms with Crippen molar-refractivity contribution in [2.75, 3.05) is 26.9 Å². The average molecular weight is 355 g/mol. The number of methoxy groups -OCH3 is 1. The molecule has 1 amide bonds. The van der Waals surface area contributed by atoms with Crippen molar-refractivity contribution in [2.24, 2.45) is 5.41 Å². The van der Waals surface area contributed by atoms with Gasteiger partial charge in [-0.25, -0.2) is 9.59 Å². The first kappa shape index (κ1) is 21.0. The number of carbonyl (C=O) groups excluding carboxylic acids is 3. The summed E-state index contributed by atoms with van der Waals surface area (Å²) in [6.07, 6.45) is 1.47. The molecule has 0 aliphatic carbocycles. The highest BCUT2D eigenvalue weighted by Crippen LogP contribution is 2.41. The fourth-order valence-corrected chi connectivity index (χ4v) is 3.12. The molecule has 1 saturated heterocycles. The predicted molar refractivity (Wildman–Crippen MR) is 91.9 cm³/mol. The van der Waals surface area contributed by atoms with Crippen LogP contribution in [0.15, 0.2) is 12.2 Å². The molecule has 0 spiro atoms. The number of nitrogens with zero attached hydrogens (tertiary/aromatic N) is 1. The first-order valence-corrected chi connectivity index (χ1v) is 8.64. The molecule has 1 rings (SSSR count). The summed E-state index contributed by atoms with van der Waals surface area (Å²) in [5, 5.41) is 0. The molecule has 25 heavy (non-hydrogen) atoms. The smallest absolute Gasteiger partial charge is 0.410 e. The molecule has 7 nitrogen and oxygen atoms in total. The Morgan fingerprint density at radius 1 is 1.24 bits per heavy atom. The van der Waals surface area contributed by atoms with Gasteiger partial charge in [0.1, 0.15) is 6.04 Å². The predicted octanol–water partition coefficient (Wildman–Crippen LogP) is 2.69. The molecule has 0 radical (unpaired) electrons. The van der Waals surface area contributed by atoms with E-state index in [1.54, 1.807) is 13.8 Å². The monoisotopic (exact) mass is 355 g/mol. The number of carbonyl (C=O) groups is 3. The normalized spacial score (nSPS) is 22.4. The van der Waals surface area contributed by atoms with Gasteiger partial charge in [0.05, 0.1) is 25.7 Å². The molecule has 1 fully saturated rings. The topological polar surface area (TPSA) is 82.1 Å². The quantitative estimate of drug-likeness (QED) is 0.288. The van der Waals surface area contributed by atoms with Gasteiger partial charge in [0.2, 0.25) is 0 Å². The van der Waals surface area contributed by atoms with E-state index >= 15 is 0 Å². The lowest BCUT2D eigenvalue weighted by Gasteiger charge is -2.26. The molecule has 0 N–H and O–H groups in total. The van der Waals surface area contributed by atoms with Crippen molar-refractivity contribution in [3.63, 3.8) is 0 Å². The van der Waals surface area contributed by atoms with Crippen LogP contribution in [-0.2, 0) is 23.8 Å². The van der Waals surface area contributed by atoms with E-state index in [1.165, 1.54) is 12.0 Å². The van der Waals surface area contributed by atoms with Crippen molar-refractivity contribution in [2.45, 2.75) is 52.5 Å². The van der Waals surface area contributed by atoms with Crippen molar-refractivity contribution in [3.05, 3.63) is 12.2 Å². The maximum Gasteiger partial charge on any atom is 0.410 e. The van der Waals surface area contributed by atoms with Crippen LogP contribution in [0.2, 0.25) is 0 Å². The van der Waals surface area contributed by atoms with E-state index < -0.39 is 29.5 Å². The second-order valence-electron chi connectivity index (χ2n) is 6.47. The lowest BCUT2D eigenvalue weighted by Crippen LogP contribution is -2.42. The first-order chi connectivity index (χ1) is 11.8. The van der Waals surface area contributed by atoms with Crippen molar-refractivity contribution in [1.29, 1.82) is 0 Å². The molecule has 0 aromatic carbocycles. The Labute approximate surface area is 149 Å². The van der Waals surface area contributed by atoms with Gasteiger partial charge in [0.25, 0.3) is 0 Å². The second-order valence-corrected chi connectivity index (χ2v) is 6.47. The molecule has 0 saturated carbocycles. The van der Waals surface area contributed by atoms with Gasteiger partial charge in [0, 0.05) is 6.54 Å². The summed E-state index contributed by atoms with van der Waals surface area (Å²) in [6.45, 7) is 9.91. The minimum Gasteiger partial charge on any atom is -0.467 e. The molecule has 0 bridgehead atoms. The zero-order chi connectivity index (χ0) is 19.0. The Balaban J connectivity index is 3.08. The highest BCUT2D eigenvalue weighted by atomic mass is 16.6. The number of likely N-dealkylation sites (tertiary alicyclic amines) is 1. The van der Waals surface area contributed by atoms with E-state index in [2.05, 4.69) is 6.58 Å². The van der Waals surface area contributed by atoms with Crippen LogP contribution in [0.25, 0.3) is 0 Å². The first-order valence-electron chi connectivity index (χ1n) is 8.64. The van der Waals surface area contributed by atoms with E-state index in [0.717, 1.165) is 18.4 Å². The van der Waals surface area contributed by atoms with Crippen LogP contribution < -0.4 is 0 Å². The van der Waals surface area contributed by atoms with Crippen LogP contribution in [0.5, 0.6) is 0 Å². The molecule has 0 aromatic heterocycles. The van der Waals surface area contributed by atoms with Crippen LogP contribution in [0.4, 0.5) is 4.79 Å². The maximum atomic E-state index is 12.6.